The van der Waals surface area contributed by atoms with Crippen LogP contribution in [-0.4, -0.2) is 11.7 Å². The molecule has 1 unspecified atom stereocenters. The molecule has 2 aliphatic carbocycles. The van der Waals surface area contributed by atoms with Crippen LogP contribution in [0.25, 0.3) is 0 Å². The fraction of sp³-hybridized carbons (Fsp3) is 0.889. The Hall–Kier alpha value is -0.300. The molecule has 110 valence electrons. The van der Waals surface area contributed by atoms with E-state index in [0.29, 0.717) is 6.61 Å². The van der Waals surface area contributed by atoms with Crippen molar-refractivity contribution in [2.45, 2.75) is 65.2 Å². The number of aliphatic hydroxyl groups excluding tert-OH is 1. The Kier molecular flexibility index (Phi) is 5.94. The van der Waals surface area contributed by atoms with Gasteiger partial charge in [-0.15, -0.1) is 0 Å². The molecule has 0 amide bonds. The number of allylic oxidation sites excluding steroid dienone is 2. The molecule has 2 aliphatic rings. The van der Waals surface area contributed by atoms with E-state index in [9.17, 15) is 0 Å². The minimum atomic E-state index is 0.386. The van der Waals surface area contributed by atoms with E-state index < -0.39 is 0 Å². The number of hydrogen-bond acceptors (Lipinski definition) is 1. The van der Waals surface area contributed by atoms with Gasteiger partial charge in [-0.2, -0.15) is 0 Å². The Bertz CT molecular complexity index is 275. The second kappa shape index (κ2) is 7.47. The first-order chi connectivity index (χ1) is 9.19. The highest BCUT2D eigenvalue weighted by atomic mass is 16.3. The lowest BCUT2D eigenvalue weighted by molar-refractivity contribution is 0.183. The van der Waals surface area contributed by atoms with Crippen LogP contribution in [0.4, 0.5) is 0 Å². The third-order valence-electron chi connectivity index (χ3n) is 5.58. The van der Waals surface area contributed by atoms with E-state index in [1.165, 1.54) is 44.9 Å². The summed E-state index contributed by atoms with van der Waals surface area (Å²) in [6.45, 7) is 5.18. The molecule has 0 spiro atoms. The van der Waals surface area contributed by atoms with Crippen LogP contribution >= 0.6 is 0 Å². The van der Waals surface area contributed by atoms with Crippen molar-refractivity contribution >= 4 is 0 Å². The van der Waals surface area contributed by atoms with Gasteiger partial charge in [0.1, 0.15) is 0 Å². The maximum atomic E-state index is 9.01. The quantitative estimate of drug-likeness (QED) is 0.707. The van der Waals surface area contributed by atoms with Crippen molar-refractivity contribution in [3.05, 3.63) is 12.2 Å². The van der Waals surface area contributed by atoms with Crippen LogP contribution in [0.1, 0.15) is 65.2 Å². The highest BCUT2D eigenvalue weighted by Gasteiger charge is 2.25. The van der Waals surface area contributed by atoms with Crippen molar-refractivity contribution in [2.75, 3.05) is 6.61 Å². The Morgan fingerprint density at radius 1 is 1.00 bits per heavy atom. The van der Waals surface area contributed by atoms with E-state index in [0.717, 1.165) is 36.0 Å². The van der Waals surface area contributed by atoms with Gasteiger partial charge in [-0.1, -0.05) is 51.7 Å². The lowest BCUT2D eigenvalue weighted by Gasteiger charge is -2.33. The molecule has 0 bridgehead atoms. The first-order valence-corrected chi connectivity index (χ1v) is 8.48. The summed E-state index contributed by atoms with van der Waals surface area (Å²) in [6.07, 6.45) is 15.7. The summed E-state index contributed by atoms with van der Waals surface area (Å²) < 4.78 is 0. The maximum absolute atomic E-state index is 9.01. The van der Waals surface area contributed by atoms with Crippen molar-refractivity contribution in [1.29, 1.82) is 0 Å². The monoisotopic (exact) mass is 264 g/mol. The second-order valence-corrected chi connectivity index (χ2v) is 7.22. The fourth-order valence-electron chi connectivity index (χ4n) is 4.09. The number of rotatable bonds is 5. The van der Waals surface area contributed by atoms with Crippen molar-refractivity contribution in [1.82, 2.24) is 0 Å². The summed E-state index contributed by atoms with van der Waals surface area (Å²) in [4.78, 5) is 0. The van der Waals surface area contributed by atoms with Crippen LogP contribution in [0.3, 0.4) is 0 Å². The van der Waals surface area contributed by atoms with E-state index in [1.807, 2.05) is 0 Å². The zero-order chi connectivity index (χ0) is 13.7. The Labute approximate surface area is 119 Å². The van der Waals surface area contributed by atoms with Gasteiger partial charge >= 0.3 is 0 Å². The lowest BCUT2D eigenvalue weighted by atomic mass is 9.73. The van der Waals surface area contributed by atoms with Crippen LogP contribution in [0, 0.1) is 29.6 Å². The van der Waals surface area contributed by atoms with Gasteiger partial charge in [0.15, 0.2) is 0 Å². The molecular weight excluding hydrogens is 232 g/mol. The van der Waals surface area contributed by atoms with Crippen molar-refractivity contribution in [3.63, 3.8) is 0 Å². The second-order valence-electron chi connectivity index (χ2n) is 7.22. The molecule has 1 N–H and O–H groups in total. The third kappa shape index (κ3) is 4.63. The summed E-state index contributed by atoms with van der Waals surface area (Å²) in [5.41, 5.74) is 0. The van der Waals surface area contributed by atoms with E-state index in [2.05, 4.69) is 26.0 Å². The molecule has 1 heteroatoms. The minimum Gasteiger partial charge on any atom is -0.396 e. The third-order valence-corrected chi connectivity index (χ3v) is 5.58. The van der Waals surface area contributed by atoms with Gasteiger partial charge in [-0.05, 0) is 55.3 Å². The predicted molar refractivity (Wildman–Crippen MR) is 82.0 cm³/mol. The topological polar surface area (TPSA) is 20.2 Å². The summed E-state index contributed by atoms with van der Waals surface area (Å²) in [5, 5.41) is 9.01. The highest BCUT2D eigenvalue weighted by Crippen LogP contribution is 2.37. The molecule has 0 radical (unpaired) electrons. The van der Waals surface area contributed by atoms with Crippen LogP contribution in [0.5, 0.6) is 0 Å². The fourth-order valence-corrected chi connectivity index (χ4v) is 4.09. The zero-order valence-corrected chi connectivity index (χ0v) is 12.9. The first kappa shape index (κ1) is 15.1. The van der Waals surface area contributed by atoms with Gasteiger partial charge < -0.3 is 5.11 Å². The molecular formula is C18H32O. The van der Waals surface area contributed by atoms with E-state index >= 15 is 0 Å². The summed E-state index contributed by atoms with van der Waals surface area (Å²) >= 11 is 0. The summed E-state index contributed by atoms with van der Waals surface area (Å²) in [6, 6.07) is 0. The van der Waals surface area contributed by atoms with Crippen LogP contribution in [0.15, 0.2) is 12.2 Å². The Morgan fingerprint density at radius 2 is 1.68 bits per heavy atom. The van der Waals surface area contributed by atoms with Gasteiger partial charge in [-0.3, -0.25) is 0 Å². The molecule has 0 heterocycles. The minimum absolute atomic E-state index is 0.386. The van der Waals surface area contributed by atoms with Gasteiger partial charge in [0.2, 0.25) is 0 Å². The smallest absolute Gasteiger partial charge is 0.0433 e. The van der Waals surface area contributed by atoms with E-state index in [-0.39, 0.29) is 0 Å². The molecule has 1 saturated carbocycles. The lowest BCUT2D eigenvalue weighted by Crippen LogP contribution is -2.21. The van der Waals surface area contributed by atoms with Crippen LogP contribution < -0.4 is 0 Å². The molecule has 0 aromatic heterocycles. The van der Waals surface area contributed by atoms with Crippen molar-refractivity contribution in [3.8, 4) is 0 Å². The van der Waals surface area contributed by atoms with Crippen LogP contribution in [0.2, 0.25) is 0 Å². The standard InChI is InChI=1S/C18H32O/c1-14-3-9-18(10-4-14)15(2)13-17-7-5-16(6-8-17)11-12-19/h3,9,14-19H,4-8,10-13H2,1-2H3/t14-,15-,16-,17+,18?/m1/s1. The van der Waals surface area contributed by atoms with Gasteiger partial charge in [-0.25, -0.2) is 0 Å². The van der Waals surface area contributed by atoms with Crippen LogP contribution in [-0.2, 0) is 0 Å². The van der Waals surface area contributed by atoms with E-state index in [4.69, 9.17) is 5.11 Å². The Balaban J connectivity index is 1.71. The summed E-state index contributed by atoms with van der Waals surface area (Å²) in [5.74, 6) is 4.27. The number of hydrogen-bond donors (Lipinski definition) is 1. The maximum Gasteiger partial charge on any atom is 0.0433 e. The molecule has 0 aromatic carbocycles. The molecule has 2 rings (SSSR count). The molecule has 19 heavy (non-hydrogen) atoms. The average Bonchev–Trinajstić information content (AvgIpc) is 2.42. The van der Waals surface area contributed by atoms with Gasteiger partial charge in [0.25, 0.3) is 0 Å². The molecule has 0 aliphatic heterocycles. The molecule has 0 saturated heterocycles. The van der Waals surface area contributed by atoms with Gasteiger partial charge in [0, 0.05) is 6.61 Å². The Morgan fingerprint density at radius 3 is 2.26 bits per heavy atom. The SMILES string of the molecule is C[C@@H]1C=CC([C@H](C)C[C@H]2CC[C@@H](CCO)CC2)CC1. The largest absolute Gasteiger partial charge is 0.396 e. The molecule has 3 atom stereocenters. The normalized spacial score (nSPS) is 37.2. The number of aliphatic hydroxyl groups is 1. The van der Waals surface area contributed by atoms with Crippen molar-refractivity contribution in [2.24, 2.45) is 29.6 Å². The first-order valence-electron chi connectivity index (χ1n) is 8.48. The molecule has 1 fully saturated rings. The summed E-state index contributed by atoms with van der Waals surface area (Å²) in [7, 11) is 0. The van der Waals surface area contributed by atoms with E-state index in [1.54, 1.807) is 0 Å². The molecule has 1 nitrogen and oxygen atoms in total. The van der Waals surface area contributed by atoms with Crippen molar-refractivity contribution < 1.29 is 5.11 Å². The highest BCUT2D eigenvalue weighted by molar-refractivity contribution is 4.98. The average molecular weight is 264 g/mol. The van der Waals surface area contributed by atoms with Gasteiger partial charge in [0.05, 0.1) is 0 Å². The zero-order valence-electron chi connectivity index (χ0n) is 12.9. The predicted octanol–water partition coefficient (Wildman–Crippen LogP) is 4.80. The molecule has 0 aromatic rings.